The number of carbonyl (C=O) groups excluding carboxylic acids is 1. The van der Waals surface area contributed by atoms with E-state index in [4.69, 9.17) is 9.62 Å². The van der Waals surface area contributed by atoms with E-state index in [1.54, 1.807) is 24.3 Å². The second kappa shape index (κ2) is 8.35. The number of hydrogen-bond donors (Lipinski definition) is 0. The van der Waals surface area contributed by atoms with Crippen LogP contribution < -0.4 is 4.74 Å². The van der Waals surface area contributed by atoms with E-state index >= 15 is 0 Å². The molecule has 1 aromatic carbocycles. The summed E-state index contributed by atoms with van der Waals surface area (Å²) in [6.45, 7) is 3.97. The first-order chi connectivity index (χ1) is 8.33. The molecule has 0 N–H and O–H groups in total. The molecule has 4 nitrogen and oxygen atoms in total. The molecule has 0 atom stereocenters. The van der Waals surface area contributed by atoms with Crippen LogP contribution in [0.15, 0.2) is 43.0 Å². The Balaban J connectivity index is 2.07. The molecule has 0 bridgehead atoms. The van der Waals surface area contributed by atoms with Crippen molar-refractivity contribution in [2.45, 2.75) is 19.3 Å². The molecule has 0 amide bonds. The van der Waals surface area contributed by atoms with Gasteiger partial charge in [-0.05, 0) is 31.4 Å². The van der Waals surface area contributed by atoms with E-state index < -0.39 is 6.16 Å². The van der Waals surface area contributed by atoms with Gasteiger partial charge in [-0.2, -0.15) is 4.89 Å². The van der Waals surface area contributed by atoms with Gasteiger partial charge in [0.05, 0.1) is 6.61 Å². The number of carbonyl (C=O) groups is 1. The average Bonchev–Trinajstić information content (AvgIpc) is 2.35. The van der Waals surface area contributed by atoms with Crippen LogP contribution in [0.2, 0.25) is 0 Å². The summed E-state index contributed by atoms with van der Waals surface area (Å²) in [5.41, 5.74) is 0. The van der Waals surface area contributed by atoms with Crippen LogP contribution in [0, 0.1) is 0 Å². The van der Waals surface area contributed by atoms with E-state index in [1.807, 2.05) is 12.1 Å². The molecule has 0 aliphatic rings. The number of rotatable bonds is 7. The van der Waals surface area contributed by atoms with Crippen molar-refractivity contribution in [3.8, 4) is 5.75 Å². The Morgan fingerprint density at radius 1 is 1.24 bits per heavy atom. The summed E-state index contributed by atoms with van der Waals surface area (Å²) in [6.07, 6.45) is 3.67. The topological polar surface area (TPSA) is 44.8 Å². The molecule has 0 aliphatic carbocycles. The van der Waals surface area contributed by atoms with Crippen molar-refractivity contribution in [1.29, 1.82) is 0 Å². The Labute approximate surface area is 101 Å². The van der Waals surface area contributed by atoms with E-state index in [-0.39, 0.29) is 0 Å². The second-order valence-electron chi connectivity index (χ2n) is 3.35. The highest BCUT2D eigenvalue weighted by Crippen LogP contribution is 2.09. The number of unbranched alkanes of at least 4 members (excludes halogenated alkanes) is 2. The molecule has 0 unspecified atom stereocenters. The third-order valence-corrected chi connectivity index (χ3v) is 1.96. The fourth-order valence-corrected chi connectivity index (χ4v) is 1.14. The van der Waals surface area contributed by atoms with Gasteiger partial charge in [0, 0.05) is 0 Å². The zero-order valence-electron chi connectivity index (χ0n) is 9.63. The Kier molecular flexibility index (Phi) is 6.51. The normalized spacial score (nSPS) is 9.65. The summed E-state index contributed by atoms with van der Waals surface area (Å²) in [5, 5.41) is 0. The van der Waals surface area contributed by atoms with Gasteiger partial charge in [-0.3, -0.25) is 4.89 Å². The lowest BCUT2D eigenvalue weighted by molar-refractivity contribution is -0.249. The highest BCUT2D eigenvalue weighted by Gasteiger charge is 2.06. The summed E-state index contributed by atoms with van der Waals surface area (Å²) in [5.74, 6) is 0.424. The lowest BCUT2D eigenvalue weighted by Crippen LogP contribution is -2.11. The predicted octanol–water partition coefficient (Wildman–Crippen LogP) is 3.49. The minimum atomic E-state index is -0.861. The van der Waals surface area contributed by atoms with E-state index in [2.05, 4.69) is 11.5 Å². The molecule has 1 rings (SSSR count). The second-order valence-corrected chi connectivity index (χ2v) is 3.35. The minimum Gasteiger partial charge on any atom is -0.393 e. The molecule has 1 aromatic rings. The molecule has 0 radical (unpaired) electrons. The first-order valence-corrected chi connectivity index (χ1v) is 5.50. The molecule has 0 aliphatic heterocycles. The van der Waals surface area contributed by atoms with Crippen molar-refractivity contribution in [1.82, 2.24) is 0 Å². The van der Waals surface area contributed by atoms with Gasteiger partial charge in [-0.1, -0.05) is 24.3 Å². The van der Waals surface area contributed by atoms with Gasteiger partial charge in [0.1, 0.15) is 5.75 Å². The Hall–Kier alpha value is -1.81. The van der Waals surface area contributed by atoms with Crippen LogP contribution in [0.25, 0.3) is 0 Å². The first-order valence-electron chi connectivity index (χ1n) is 5.50. The molecule has 0 spiro atoms. The lowest BCUT2D eigenvalue weighted by Gasteiger charge is -2.04. The van der Waals surface area contributed by atoms with Crippen LogP contribution in [0.3, 0.4) is 0 Å². The third-order valence-electron chi connectivity index (χ3n) is 1.96. The summed E-state index contributed by atoms with van der Waals surface area (Å²) < 4.78 is 4.84. The van der Waals surface area contributed by atoms with Crippen molar-refractivity contribution < 1.29 is 19.3 Å². The smallest absolute Gasteiger partial charge is 0.393 e. The van der Waals surface area contributed by atoms with Gasteiger partial charge < -0.3 is 4.74 Å². The number of ether oxygens (including phenoxy) is 1. The van der Waals surface area contributed by atoms with E-state index in [0.717, 1.165) is 19.3 Å². The average molecular weight is 236 g/mol. The third kappa shape index (κ3) is 6.37. The molecule has 0 fully saturated rings. The van der Waals surface area contributed by atoms with Gasteiger partial charge in [0.25, 0.3) is 0 Å². The largest absolute Gasteiger partial charge is 0.546 e. The summed E-state index contributed by atoms with van der Waals surface area (Å²) in [6, 6.07) is 8.67. The quantitative estimate of drug-likeness (QED) is 0.181. The van der Waals surface area contributed by atoms with Crippen LogP contribution >= 0.6 is 0 Å². The number of para-hydroxylation sites is 1. The molecule has 0 saturated heterocycles. The van der Waals surface area contributed by atoms with Crippen molar-refractivity contribution in [2.24, 2.45) is 0 Å². The number of hydrogen-bond acceptors (Lipinski definition) is 4. The van der Waals surface area contributed by atoms with Crippen LogP contribution in [0.5, 0.6) is 5.75 Å². The molecule has 17 heavy (non-hydrogen) atoms. The fourth-order valence-electron chi connectivity index (χ4n) is 1.14. The number of allylic oxidation sites excluding steroid dienone is 1. The Morgan fingerprint density at radius 3 is 2.71 bits per heavy atom. The van der Waals surface area contributed by atoms with Crippen LogP contribution in [0.1, 0.15) is 19.3 Å². The van der Waals surface area contributed by atoms with Crippen molar-refractivity contribution in [3.63, 3.8) is 0 Å². The monoisotopic (exact) mass is 236 g/mol. The maximum atomic E-state index is 11.1. The summed E-state index contributed by atoms with van der Waals surface area (Å²) in [4.78, 5) is 20.3. The van der Waals surface area contributed by atoms with E-state index in [1.165, 1.54) is 0 Å². The molecule has 0 heterocycles. The van der Waals surface area contributed by atoms with Crippen molar-refractivity contribution >= 4 is 6.16 Å². The summed E-state index contributed by atoms with van der Waals surface area (Å²) in [7, 11) is 0. The number of benzene rings is 1. The Morgan fingerprint density at radius 2 is 2.00 bits per heavy atom. The molecular formula is C13H16O4. The molecular weight excluding hydrogens is 220 g/mol. The lowest BCUT2D eigenvalue weighted by atomic mass is 10.2. The highest BCUT2D eigenvalue weighted by atomic mass is 17.2. The summed E-state index contributed by atoms with van der Waals surface area (Å²) >= 11 is 0. The minimum absolute atomic E-state index is 0.359. The standard InChI is InChI=1S/C13H16O4/c1-2-3-4-8-11-15-17-13(14)16-12-9-6-5-7-10-12/h2,5-7,9-10H,1,3-4,8,11H2. The maximum Gasteiger partial charge on any atom is 0.546 e. The van der Waals surface area contributed by atoms with Crippen molar-refractivity contribution in [2.75, 3.05) is 6.61 Å². The van der Waals surface area contributed by atoms with Crippen LogP contribution in [-0.4, -0.2) is 12.8 Å². The van der Waals surface area contributed by atoms with Gasteiger partial charge in [0.2, 0.25) is 0 Å². The van der Waals surface area contributed by atoms with Gasteiger partial charge >= 0.3 is 6.16 Å². The zero-order chi connectivity index (χ0) is 12.3. The molecule has 0 aromatic heterocycles. The Bertz CT molecular complexity index is 335. The van der Waals surface area contributed by atoms with Crippen LogP contribution in [0.4, 0.5) is 4.79 Å². The zero-order valence-corrected chi connectivity index (χ0v) is 9.63. The predicted molar refractivity (Wildman–Crippen MR) is 63.6 cm³/mol. The van der Waals surface area contributed by atoms with E-state index in [0.29, 0.717) is 12.4 Å². The highest BCUT2D eigenvalue weighted by molar-refractivity contribution is 5.62. The molecule has 0 saturated carbocycles. The van der Waals surface area contributed by atoms with Gasteiger partial charge in [0.15, 0.2) is 0 Å². The van der Waals surface area contributed by atoms with E-state index in [9.17, 15) is 4.79 Å². The van der Waals surface area contributed by atoms with Crippen molar-refractivity contribution in [3.05, 3.63) is 43.0 Å². The fraction of sp³-hybridized carbons (Fsp3) is 0.308. The first kappa shape index (κ1) is 13.3. The molecule has 4 heteroatoms. The SMILES string of the molecule is C=CCCCCOOC(=O)Oc1ccccc1. The van der Waals surface area contributed by atoms with Crippen LogP contribution in [-0.2, 0) is 9.78 Å². The van der Waals surface area contributed by atoms with Gasteiger partial charge in [-0.15, -0.1) is 6.58 Å². The maximum absolute atomic E-state index is 11.1. The molecule has 92 valence electrons. The van der Waals surface area contributed by atoms with Gasteiger partial charge in [-0.25, -0.2) is 4.79 Å².